The summed E-state index contributed by atoms with van der Waals surface area (Å²) < 4.78 is 27.2. The van der Waals surface area contributed by atoms with Crippen molar-refractivity contribution < 1.29 is 18.4 Å². The van der Waals surface area contributed by atoms with Gasteiger partial charge in [0.2, 0.25) is 0 Å². The number of hydrogen-bond donors (Lipinski definition) is 2. The van der Waals surface area contributed by atoms with Gasteiger partial charge < -0.3 is 10.6 Å². The lowest BCUT2D eigenvalue weighted by Crippen LogP contribution is -2.25. The first-order valence-corrected chi connectivity index (χ1v) is 12.2. The number of carbonyl (C=O) groups excluding carboxylic acids is 2. The van der Waals surface area contributed by atoms with Crippen LogP contribution in [0.3, 0.4) is 0 Å². The topological polar surface area (TPSA) is 58.2 Å². The molecule has 0 fully saturated rings. The molecule has 1 heterocycles. The molecule has 1 aliphatic rings. The van der Waals surface area contributed by atoms with Crippen molar-refractivity contribution in [3.63, 3.8) is 0 Å². The molecule has 176 valence electrons. The third kappa shape index (κ3) is 5.00. The number of fused-ring (bicyclic) bond motifs is 2. The average Bonchev–Trinajstić information content (AvgIpc) is 3.33. The predicted molar refractivity (Wildman–Crippen MR) is 134 cm³/mol. The molecular weight excluding hydrogens is 466 g/mol. The summed E-state index contributed by atoms with van der Waals surface area (Å²) in [5.74, 6) is -1.68. The Hall–Kier alpha value is -3.84. The van der Waals surface area contributed by atoms with Gasteiger partial charge in [0, 0.05) is 39.9 Å². The normalized spacial score (nSPS) is 12.5. The summed E-state index contributed by atoms with van der Waals surface area (Å²) in [6.45, 7) is 0.525. The van der Waals surface area contributed by atoms with Crippen LogP contribution in [0.25, 0.3) is 0 Å². The molecule has 0 spiro atoms. The SMILES string of the molecule is O=C(NCCc1cccs1)c1ccc2c(c1)C(=O)c1ccc(Nc3ccc(F)cc3F)cc1CC2. The number of hydrogen-bond acceptors (Lipinski definition) is 4. The van der Waals surface area contributed by atoms with E-state index in [9.17, 15) is 18.4 Å². The number of benzene rings is 3. The summed E-state index contributed by atoms with van der Waals surface area (Å²) in [7, 11) is 0. The van der Waals surface area contributed by atoms with Crippen LogP contribution in [0, 0.1) is 11.6 Å². The molecule has 1 aromatic heterocycles. The van der Waals surface area contributed by atoms with Crippen molar-refractivity contribution in [3.05, 3.63) is 116 Å². The van der Waals surface area contributed by atoms with E-state index in [-0.39, 0.29) is 17.4 Å². The third-order valence-electron chi connectivity index (χ3n) is 6.08. The van der Waals surface area contributed by atoms with Crippen molar-refractivity contribution >= 4 is 34.4 Å². The molecule has 0 saturated carbocycles. The highest BCUT2D eigenvalue weighted by atomic mass is 32.1. The van der Waals surface area contributed by atoms with Crippen LogP contribution in [-0.2, 0) is 19.3 Å². The second-order valence-corrected chi connectivity index (χ2v) is 9.44. The van der Waals surface area contributed by atoms with E-state index in [2.05, 4.69) is 10.6 Å². The number of anilines is 2. The Bertz CT molecular complexity index is 1420. The van der Waals surface area contributed by atoms with Crippen molar-refractivity contribution in [3.8, 4) is 0 Å². The molecule has 35 heavy (non-hydrogen) atoms. The van der Waals surface area contributed by atoms with Crippen LogP contribution in [0.4, 0.5) is 20.2 Å². The maximum Gasteiger partial charge on any atom is 0.251 e. The van der Waals surface area contributed by atoms with Gasteiger partial charge in [-0.2, -0.15) is 0 Å². The van der Waals surface area contributed by atoms with E-state index in [4.69, 9.17) is 0 Å². The van der Waals surface area contributed by atoms with Gasteiger partial charge in [-0.15, -0.1) is 11.3 Å². The van der Waals surface area contributed by atoms with Crippen LogP contribution in [0.5, 0.6) is 0 Å². The molecule has 2 N–H and O–H groups in total. The molecule has 5 rings (SSSR count). The first-order chi connectivity index (χ1) is 17.0. The van der Waals surface area contributed by atoms with Gasteiger partial charge in [-0.1, -0.05) is 12.1 Å². The third-order valence-corrected chi connectivity index (χ3v) is 7.01. The maximum absolute atomic E-state index is 14.0. The van der Waals surface area contributed by atoms with Crippen LogP contribution in [-0.4, -0.2) is 18.2 Å². The fourth-order valence-electron chi connectivity index (χ4n) is 4.26. The van der Waals surface area contributed by atoms with Crippen LogP contribution in [0.1, 0.15) is 42.3 Å². The number of aryl methyl sites for hydroxylation is 2. The van der Waals surface area contributed by atoms with Crippen molar-refractivity contribution in [2.75, 3.05) is 11.9 Å². The van der Waals surface area contributed by atoms with Crippen molar-refractivity contribution in [2.24, 2.45) is 0 Å². The van der Waals surface area contributed by atoms with Crippen molar-refractivity contribution in [1.29, 1.82) is 0 Å². The molecule has 4 aromatic rings. The fraction of sp³-hybridized carbons (Fsp3) is 0.143. The number of rotatable bonds is 6. The molecule has 0 atom stereocenters. The quantitative estimate of drug-likeness (QED) is 0.346. The van der Waals surface area contributed by atoms with E-state index in [0.29, 0.717) is 41.8 Å². The van der Waals surface area contributed by atoms with E-state index in [1.54, 1.807) is 35.6 Å². The highest BCUT2D eigenvalue weighted by molar-refractivity contribution is 7.09. The molecule has 0 aliphatic heterocycles. The monoisotopic (exact) mass is 488 g/mol. The summed E-state index contributed by atoms with van der Waals surface area (Å²) in [6, 6.07) is 17.9. The van der Waals surface area contributed by atoms with Gasteiger partial charge in [0.1, 0.15) is 11.6 Å². The van der Waals surface area contributed by atoms with Gasteiger partial charge in [-0.25, -0.2) is 8.78 Å². The summed E-state index contributed by atoms with van der Waals surface area (Å²) in [5, 5.41) is 7.89. The van der Waals surface area contributed by atoms with Crippen LogP contribution in [0.15, 0.2) is 72.1 Å². The minimum atomic E-state index is -0.690. The first-order valence-electron chi connectivity index (χ1n) is 11.3. The van der Waals surface area contributed by atoms with E-state index < -0.39 is 11.6 Å². The predicted octanol–water partition coefficient (Wildman–Crippen LogP) is 6.07. The zero-order chi connectivity index (χ0) is 24.4. The standard InChI is InChI=1S/C28H22F2N2O2S/c29-20-7-10-26(25(30)16-20)32-21-8-9-23-18(14-21)5-3-17-4-6-19(15-24(17)27(23)33)28(34)31-12-11-22-2-1-13-35-22/h1-2,4,6-10,13-16,32H,3,5,11-12H2,(H,31,34). The molecule has 0 unspecified atom stereocenters. The Labute approximate surface area is 205 Å². The van der Waals surface area contributed by atoms with Gasteiger partial charge in [-0.05, 0) is 84.3 Å². The smallest absolute Gasteiger partial charge is 0.251 e. The summed E-state index contributed by atoms with van der Waals surface area (Å²) in [5.41, 5.74) is 4.03. The molecule has 1 amide bonds. The minimum Gasteiger partial charge on any atom is -0.353 e. The lowest BCUT2D eigenvalue weighted by molar-refractivity contribution is 0.0954. The summed E-state index contributed by atoms with van der Waals surface area (Å²) in [6.07, 6.45) is 2.03. The van der Waals surface area contributed by atoms with Crippen LogP contribution >= 0.6 is 11.3 Å². The van der Waals surface area contributed by atoms with Gasteiger partial charge in [0.05, 0.1) is 5.69 Å². The Morgan fingerprint density at radius 3 is 2.57 bits per heavy atom. The second kappa shape index (κ2) is 9.80. The van der Waals surface area contributed by atoms with E-state index in [1.165, 1.54) is 17.0 Å². The summed E-state index contributed by atoms with van der Waals surface area (Å²) in [4.78, 5) is 27.3. The Morgan fingerprint density at radius 2 is 1.77 bits per heavy atom. The fourth-order valence-corrected chi connectivity index (χ4v) is 4.97. The number of carbonyl (C=O) groups is 2. The molecule has 0 saturated heterocycles. The number of halogens is 2. The zero-order valence-corrected chi connectivity index (χ0v) is 19.6. The molecule has 4 nitrogen and oxygen atoms in total. The van der Waals surface area contributed by atoms with E-state index in [0.717, 1.165) is 23.6 Å². The molecule has 7 heteroatoms. The maximum atomic E-state index is 14.0. The van der Waals surface area contributed by atoms with E-state index >= 15 is 0 Å². The van der Waals surface area contributed by atoms with Crippen molar-refractivity contribution in [2.45, 2.75) is 19.3 Å². The lowest BCUT2D eigenvalue weighted by atomic mass is 9.96. The highest BCUT2D eigenvalue weighted by Crippen LogP contribution is 2.29. The summed E-state index contributed by atoms with van der Waals surface area (Å²) >= 11 is 1.65. The largest absolute Gasteiger partial charge is 0.353 e. The van der Waals surface area contributed by atoms with Crippen molar-refractivity contribution in [1.82, 2.24) is 5.32 Å². The minimum absolute atomic E-state index is 0.139. The number of ketones is 1. The highest BCUT2D eigenvalue weighted by Gasteiger charge is 2.23. The lowest BCUT2D eigenvalue weighted by Gasteiger charge is -2.11. The van der Waals surface area contributed by atoms with Crippen LogP contribution < -0.4 is 10.6 Å². The molecule has 0 bridgehead atoms. The Morgan fingerprint density at radius 1 is 0.914 bits per heavy atom. The molecule has 0 radical (unpaired) electrons. The van der Waals surface area contributed by atoms with Gasteiger partial charge in [-0.3, -0.25) is 9.59 Å². The van der Waals surface area contributed by atoms with Gasteiger partial charge >= 0.3 is 0 Å². The molecule has 1 aliphatic carbocycles. The number of nitrogens with one attached hydrogen (secondary N) is 2. The zero-order valence-electron chi connectivity index (χ0n) is 18.7. The van der Waals surface area contributed by atoms with E-state index in [1.807, 2.05) is 29.6 Å². The van der Waals surface area contributed by atoms with Gasteiger partial charge in [0.15, 0.2) is 5.78 Å². The Balaban J connectivity index is 1.34. The average molecular weight is 489 g/mol. The Kier molecular flexibility index (Phi) is 6.42. The first kappa shape index (κ1) is 22.9. The number of thiophene rings is 1. The van der Waals surface area contributed by atoms with Gasteiger partial charge in [0.25, 0.3) is 5.91 Å². The van der Waals surface area contributed by atoms with Crippen LogP contribution in [0.2, 0.25) is 0 Å². The second-order valence-electron chi connectivity index (χ2n) is 8.41. The number of amides is 1. The molecular formula is C28H22F2N2O2S. The molecule has 3 aromatic carbocycles.